The lowest BCUT2D eigenvalue weighted by Crippen LogP contribution is -2.26. The molecule has 1 aliphatic heterocycles. The van der Waals surface area contributed by atoms with Crippen LogP contribution in [0.15, 0.2) is 47.7 Å². The fourth-order valence-electron chi connectivity index (χ4n) is 3.21. The molecule has 0 unspecified atom stereocenters. The molecule has 0 amide bonds. The average molecular weight is 428 g/mol. The zero-order valence-corrected chi connectivity index (χ0v) is 19.1. The van der Waals surface area contributed by atoms with Gasteiger partial charge in [-0.05, 0) is 49.9 Å². The van der Waals surface area contributed by atoms with Crippen LogP contribution >= 0.6 is 11.8 Å². The maximum Gasteiger partial charge on any atom is 0.181 e. The number of benzene rings is 1. The summed E-state index contributed by atoms with van der Waals surface area (Å²) >= 11 is 1.69. The van der Waals surface area contributed by atoms with E-state index in [1.165, 1.54) is 6.07 Å². The van der Waals surface area contributed by atoms with Crippen molar-refractivity contribution in [3.8, 4) is 11.4 Å². The lowest BCUT2D eigenvalue weighted by atomic mass is 10.1. The Morgan fingerprint density at radius 3 is 2.77 bits per heavy atom. The number of hydrogen-bond donors (Lipinski definition) is 0. The van der Waals surface area contributed by atoms with Crippen molar-refractivity contribution in [2.45, 2.75) is 47.1 Å². The highest BCUT2D eigenvalue weighted by molar-refractivity contribution is 8.13. The molecule has 30 heavy (non-hydrogen) atoms. The molecule has 7 heteroatoms. The third-order valence-corrected chi connectivity index (χ3v) is 5.96. The van der Waals surface area contributed by atoms with Crippen LogP contribution in [0.3, 0.4) is 0 Å². The van der Waals surface area contributed by atoms with Crippen LogP contribution in [0.25, 0.3) is 11.4 Å². The van der Waals surface area contributed by atoms with Crippen molar-refractivity contribution >= 4 is 16.8 Å². The molecule has 0 aliphatic carbocycles. The second-order valence-electron chi connectivity index (χ2n) is 8.14. The molecular formula is C23H30FN5S. The number of halogens is 1. The van der Waals surface area contributed by atoms with Crippen molar-refractivity contribution in [2.24, 2.45) is 10.9 Å². The highest BCUT2D eigenvalue weighted by atomic mass is 32.2. The van der Waals surface area contributed by atoms with Gasteiger partial charge in [0.05, 0.1) is 29.7 Å². The number of hydrogen-bond acceptors (Lipinski definition) is 5. The summed E-state index contributed by atoms with van der Waals surface area (Å²) in [5.74, 6) is 2.69. The van der Waals surface area contributed by atoms with Crippen molar-refractivity contribution in [1.82, 2.24) is 19.7 Å². The van der Waals surface area contributed by atoms with E-state index in [1.54, 1.807) is 30.8 Å². The molecule has 1 aromatic carbocycles. The number of aromatic nitrogens is 3. The summed E-state index contributed by atoms with van der Waals surface area (Å²) in [5, 5.41) is 5.78. The summed E-state index contributed by atoms with van der Waals surface area (Å²) in [6.45, 7) is 17.7. The fraction of sp³-hybridized carbons (Fsp3) is 0.435. The second-order valence-corrected chi connectivity index (χ2v) is 9.28. The molecule has 0 saturated carbocycles. The van der Waals surface area contributed by atoms with Gasteiger partial charge in [-0.15, -0.1) is 0 Å². The van der Waals surface area contributed by atoms with Gasteiger partial charge in [0.25, 0.3) is 0 Å². The van der Waals surface area contributed by atoms with E-state index in [-0.39, 0.29) is 5.82 Å². The Morgan fingerprint density at radius 1 is 1.30 bits per heavy atom. The van der Waals surface area contributed by atoms with E-state index in [4.69, 9.17) is 10.1 Å². The topological polar surface area (TPSA) is 46.3 Å². The number of aliphatic imine (C=N–C) groups is 1. The summed E-state index contributed by atoms with van der Waals surface area (Å²) < 4.78 is 15.6. The first-order valence-electron chi connectivity index (χ1n) is 10.2. The smallest absolute Gasteiger partial charge is 0.181 e. The summed E-state index contributed by atoms with van der Waals surface area (Å²) in [4.78, 5) is 11.5. The zero-order chi connectivity index (χ0) is 21.8. The van der Waals surface area contributed by atoms with E-state index in [0.717, 1.165) is 46.5 Å². The molecule has 5 nitrogen and oxygen atoms in total. The molecule has 2 aromatic rings. The number of aryl methyl sites for hydroxylation is 2. The second kappa shape index (κ2) is 9.60. The van der Waals surface area contributed by atoms with E-state index in [0.29, 0.717) is 30.4 Å². The van der Waals surface area contributed by atoms with Gasteiger partial charge in [-0.25, -0.2) is 19.0 Å². The molecule has 1 aliphatic rings. The Labute approximate surface area is 182 Å². The van der Waals surface area contributed by atoms with Gasteiger partial charge in [0.1, 0.15) is 11.6 Å². The first kappa shape index (κ1) is 22.3. The number of thioether (sulfide) groups is 1. The third kappa shape index (κ3) is 5.59. The van der Waals surface area contributed by atoms with Gasteiger partial charge in [-0.3, -0.25) is 0 Å². The first-order valence-corrected chi connectivity index (χ1v) is 11.2. The van der Waals surface area contributed by atoms with E-state index in [2.05, 4.69) is 36.9 Å². The van der Waals surface area contributed by atoms with Crippen LogP contribution in [0.5, 0.6) is 0 Å². The first-order chi connectivity index (χ1) is 14.2. The van der Waals surface area contributed by atoms with Crippen LogP contribution in [-0.4, -0.2) is 37.1 Å². The predicted octanol–water partition coefficient (Wildman–Crippen LogP) is 5.43. The number of nitrogens with zero attached hydrogens (tertiary/aromatic N) is 5. The minimum Gasteiger partial charge on any atom is -0.358 e. The molecule has 0 saturated heterocycles. The largest absolute Gasteiger partial charge is 0.358 e. The average Bonchev–Trinajstić information content (AvgIpc) is 2.99. The zero-order valence-electron chi connectivity index (χ0n) is 18.3. The van der Waals surface area contributed by atoms with Gasteiger partial charge in [0.15, 0.2) is 5.82 Å². The molecule has 1 aromatic heterocycles. The summed E-state index contributed by atoms with van der Waals surface area (Å²) in [7, 11) is 0. The molecule has 0 spiro atoms. The highest BCUT2D eigenvalue weighted by Crippen LogP contribution is 2.23. The lowest BCUT2D eigenvalue weighted by molar-refractivity contribution is 0.398. The molecule has 0 atom stereocenters. The van der Waals surface area contributed by atoms with Gasteiger partial charge in [-0.2, -0.15) is 5.10 Å². The van der Waals surface area contributed by atoms with Crippen molar-refractivity contribution in [3.05, 3.63) is 60.0 Å². The molecule has 0 bridgehead atoms. The minimum absolute atomic E-state index is 0.219. The monoisotopic (exact) mass is 427 g/mol. The molecule has 160 valence electrons. The minimum atomic E-state index is -0.219. The van der Waals surface area contributed by atoms with Crippen LogP contribution < -0.4 is 0 Å². The Kier molecular flexibility index (Phi) is 7.13. The fourth-order valence-corrected chi connectivity index (χ4v) is 4.02. The Hall–Kier alpha value is -2.41. The number of allylic oxidation sites excluding steroid dienone is 1. The molecule has 3 rings (SSSR count). The van der Waals surface area contributed by atoms with Crippen molar-refractivity contribution < 1.29 is 4.39 Å². The normalized spacial score (nSPS) is 14.8. The Balaban J connectivity index is 1.84. The molecule has 0 radical (unpaired) electrons. The summed E-state index contributed by atoms with van der Waals surface area (Å²) in [6.07, 6.45) is 1.86. The van der Waals surface area contributed by atoms with Crippen LogP contribution in [-0.2, 0) is 13.0 Å². The Bertz CT molecular complexity index is 976. The van der Waals surface area contributed by atoms with Crippen LogP contribution in [0.1, 0.15) is 38.6 Å². The molecule has 0 fully saturated rings. The summed E-state index contributed by atoms with van der Waals surface area (Å²) in [5.41, 5.74) is 3.20. The summed E-state index contributed by atoms with van der Waals surface area (Å²) in [6, 6.07) is 5.00. The molecular weight excluding hydrogens is 397 g/mol. The third-order valence-electron chi connectivity index (χ3n) is 5.01. The van der Waals surface area contributed by atoms with Gasteiger partial charge in [0.2, 0.25) is 0 Å². The van der Waals surface area contributed by atoms with E-state index in [9.17, 15) is 4.39 Å². The lowest BCUT2D eigenvalue weighted by Gasteiger charge is -2.24. The van der Waals surface area contributed by atoms with Gasteiger partial charge in [0, 0.05) is 17.7 Å². The highest BCUT2D eigenvalue weighted by Gasteiger charge is 2.18. The van der Waals surface area contributed by atoms with Crippen LogP contribution in [0, 0.1) is 18.7 Å². The predicted molar refractivity (Wildman–Crippen MR) is 124 cm³/mol. The quantitative estimate of drug-likeness (QED) is 0.591. The van der Waals surface area contributed by atoms with Crippen molar-refractivity contribution in [3.63, 3.8) is 0 Å². The SMILES string of the molecule is C=C1CN(C(=C)Cn2nc(-c3ccc(F)c(C)c3)nc2CCC(C)C)CSC(C)=N1. The van der Waals surface area contributed by atoms with Gasteiger partial charge >= 0.3 is 0 Å². The van der Waals surface area contributed by atoms with Crippen molar-refractivity contribution in [2.75, 3.05) is 12.4 Å². The van der Waals surface area contributed by atoms with Crippen molar-refractivity contribution in [1.29, 1.82) is 0 Å². The Morgan fingerprint density at radius 2 is 2.07 bits per heavy atom. The standard InChI is InChI=1S/C23H30FN5S/c1-15(2)7-10-22-26-23(20-8-9-21(24)16(3)11-20)27-29(22)13-18(5)28-12-17(4)25-19(6)30-14-28/h8-9,11,15H,4-5,7,10,12-14H2,1-3,6H3. The number of rotatable bonds is 7. The molecule has 0 N–H and O–H groups in total. The van der Waals surface area contributed by atoms with E-state index in [1.807, 2.05) is 11.6 Å². The van der Waals surface area contributed by atoms with E-state index >= 15 is 0 Å². The van der Waals surface area contributed by atoms with Gasteiger partial charge in [-0.1, -0.05) is 38.8 Å². The molecule has 2 heterocycles. The maximum absolute atomic E-state index is 13.7. The van der Waals surface area contributed by atoms with Gasteiger partial charge < -0.3 is 4.90 Å². The maximum atomic E-state index is 13.7. The van der Waals surface area contributed by atoms with Crippen LogP contribution in [0.4, 0.5) is 4.39 Å². The van der Waals surface area contributed by atoms with Crippen LogP contribution in [0.2, 0.25) is 0 Å². The van der Waals surface area contributed by atoms with E-state index < -0.39 is 0 Å².